The molecule has 1 aromatic rings. The predicted octanol–water partition coefficient (Wildman–Crippen LogP) is 3.07. The zero-order valence-corrected chi connectivity index (χ0v) is 12.1. The highest BCUT2D eigenvalue weighted by Crippen LogP contribution is 2.31. The summed E-state index contributed by atoms with van der Waals surface area (Å²) in [6, 6.07) is 3.59. The number of halogens is 1. The lowest BCUT2D eigenvalue weighted by Gasteiger charge is -2.40. The fraction of sp³-hybridized carbons (Fsp3) is 0.500. The molecular formula is C14H17FN2O4. The van der Waals surface area contributed by atoms with E-state index in [1.54, 1.807) is 20.8 Å². The Labute approximate surface area is 121 Å². The standard InChI is InChI=1S/C14H17FN2O4/c1-14(2,3)21-13(18)16-7-9(8-16)11-5-4-10(17(19)20)6-12(11)15/h4-6,9H,7-8H2,1-3H3. The molecule has 0 atom stereocenters. The topological polar surface area (TPSA) is 72.7 Å². The van der Waals surface area contributed by atoms with E-state index in [1.165, 1.54) is 17.0 Å². The molecule has 1 heterocycles. The minimum atomic E-state index is -0.638. The second kappa shape index (κ2) is 5.31. The Morgan fingerprint density at radius 1 is 1.43 bits per heavy atom. The van der Waals surface area contributed by atoms with Gasteiger partial charge in [-0.1, -0.05) is 0 Å². The number of likely N-dealkylation sites (tertiary alicyclic amines) is 1. The molecule has 21 heavy (non-hydrogen) atoms. The molecule has 6 nitrogen and oxygen atoms in total. The Hall–Kier alpha value is -2.18. The zero-order valence-electron chi connectivity index (χ0n) is 12.1. The first-order valence-electron chi connectivity index (χ1n) is 6.59. The van der Waals surface area contributed by atoms with Crippen LogP contribution in [0.15, 0.2) is 18.2 Å². The highest BCUT2D eigenvalue weighted by molar-refractivity contribution is 5.69. The molecule has 1 saturated heterocycles. The second-order valence-corrected chi connectivity index (χ2v) is 6.05. The maximum atomic E-state index is 13.8. The molecule has 0 saturated carbocycles. The van der Waals surface area contributed by atoms with Gasteiger partial charge in [-0.2, -0.15) is 0 Å². The predicted molar refractivity (Wildman–Crippen MR) is 73.6 cm³/mol. The van der Waals surface area contributed by atoms with Crippen LogP contribution in [0, 0.1) is 15.9 Å². The second-order valence-electron chi connectivity index (χ2n) is 6.05. The molecule has 0 radical (unpaired) electrons. The van der Waals surface area contributed by atoms with Crippen LogP contribution in [-0.2, 0) is 4.74 Å². The van der Waals surface area contributed by atoms with Crippen molar-refractivity contribution < 1.29 is 18.8 Å². The van der Waals surface area contributed by atoms with Crippen LogP contribution in [0.5, 0.6) is 0 Å². The summed E-state index contributed by atoms with van der Waals surface area (Å²) in [5.41, 5.74) is -0.458. The Bertz CT molecular complexity index is 577. The maximum Gasteiger partial charge on any atom is 0.410 e. The first-order chi connectivity index (χ1) is 9.67. The molecule has 1 aliphatic heterocycles. The third-order valence-electron chi connectivity index (χ3n) is 3.17. The van der Waals surface area contributed by atoms with Gasteiger partial charge in [-0.15, -0.1) is 0 Å². The minimum Gasteiger partial charge on any atom is -0.444 e. The molecule has 114 valence electrons. The van der Waals surface area contributed by atoms with E-state index < -0.39 is 22.4 Å². The van der Waals surface area contributed by atoms with Gasteiger partial charge in [0.05, 0.1) is 11.0 Å². The van der Waals surface area contributed by atoms with E-state index in [4.69, 9.17) is 4.74 Å². The average Bonchev–Trinajstić information content (AvgIpc) is 2.26. The lowest BCUT2D eigenvalue weighted by atomic mass is 9.91. The quantitative estimate of drug-likeness (QED) is 0.621. The third-order valence-corrected chi connectivity index (χ3v) is 3.17. The Kier molecular flexibility index (Phi) is 3.85. The Balaban J connectivity index is 1.99. The number of ether oxygens (including phenoxy) is 1. The van der Waals surface area contributed by atoms with Crippen molar-refractivity contribution in [1.29, 1.82) is 0 Å². The summed E-state index contributed by atoms with van der Waals surface area (Å²) in [5, 5.41) is 10.6. The largest absolute Gasteiger partial charge is 0.444 e. The van der Waals surface area contributed by atoms with E-state index in [0.29, 0.717) is 18.7 Å². The van der Waals surface area contributed by atoms with Crippen LogP contribution >= 0.6 is 0 Å². The molecule has 1 aliphatic rings. The minimum absolute atomic E-state index is 0.154. The van der Waals surface area contributed by atoms with Gasteiger partial charge in [-0.25, -0.2) is 9.18 Å². The molecule has 0 spiro atoms. The molecule has 0 aliphatic carbocycles. The normalized spacial score (nSPS) is 15.5. The zero-order chi connectivity index (χ0) is 15.8. The summed E-state index contributed by atoms with van der Waals surface area (Å²) in [6.07, 6.45) is -0.430. The van der Waals surface area contributed by atoms with Gasteiger partial charge < -0.3 is 9.64 Å². The van der Waals surface area contributed by atoms with Crippen LogP contribution in [0.4, 0.5) is 14.9 Å². The number of hydrogen-bond donors (Lipinski definition) is 0. The lowest BCUT2D eigenvalue weighted by molar-refractivity contribution is -0.385. The van der Waals surface area contributed by atoms with Gasteiger partial charge in [0.25, 0.3) is 5.69 Å². The van der Waals surface area contributed by atoms with Crippen LogP contribution in [0.3, 0.4) is 0 Å². The number of carbonyl (C=O) groups excluding carboxylic acids is 1. The molecule has 7 heteroatoms. The molecule has 1 amide bonds. The maximum absolute atomic E-state index is 13.8. The van der Waals surface area contributed by atoms with Crippen molar-refractivity contribution in [2.45, 2.75) is 32.3 Å². The van der Waals surface area contributed by atoms with E-state index >= 15 is 0 Å². The Morgan fingerprint density at radius 2 is 2.05 bits per heavy atom. The smallest absolute Gasteiger partial charge is 0.410 e. The van der Waals surface area contributed by atoms with Crippen LogP contribution in [0.1, 0.15) is 32.3 Å². The summed E-state index contributed by atoms with van der Waals surface area (Å²) < 4.78 is 19.1. The average molecular weight is 296 g/mol. The van der Waals surface area contributed by atoms with E-state index in [-0.39, 0.29) is 11.6 Å². The number of nitro groups is 1. The molecule has 0 N–H and O–H groups in total. The van der Waals surface area contributed by atoms with Crippen LogP contribution < -0.4 is 0 Å². The van der Waals surface area contributed by atoms with Crippen molar-refractivity contribution in [3.8, 4) is 0 Å². The van der Waals surface area contributed by atoms with E-state index in [9.17, 15) is 19.3 Å². The fourth-order valence-electron chi connectivity index (χ4n) is 2.11. The summed E-state index contributed by atoms with van der Waals surface area (Å²) in [4.78, 5) is 23.2. The monoisotopic (exact) mass is 296 g/mol. The molecular weight excluding hydrogens is 279 g/mol. The number of carbonyl (C=O) groups is 1. The van der Waals surface area contributed by atoms with E-state index in [0.717, 1.165) is 6.07 Å². The van der Waals surface area contributed by atoms with Gasteiger partial charge >= 0.3 is 6.09 Å². The fourth-order valence-corrected chi connectivity index (χ4v) is 2.11. The van der Waals surface area contributed by atoms with Gasteiger partial charge in [0.15, 0.2) is 0 Å². The van der Waals surface area contributed by atoms with Crippen molar-refractivity contribution in [2.24, 2.45) is 0 Å². The SMILES string of the molecule is CC(C)(C)OC(=O)N1CC(c2ccc([N+](=O)[O-])cc2F)C1. The third kappa shape index (κ3) is 3.48. The van der Waals surface area contributed by atoms with Crippen LogP contribution in [0.2, 0.25) is 0 Å². The molecule has 0 unspecified atom stereocenters. The van der Waals surface area contributed by atoms with Crippen LogP contribution in [0.25, 0.3) is 0 Å². The summed E-state index contributed by atoms with van der Waals surface area (Å²) in [7, 11) is 0. The van der Waals surface area contributed by atoms with E-state index in [2.05, 4.69) is 0 Å². The van der Waals surface area contributed by atoms with Crippen molar-refractivity contribution >= 4 is 11.8 Å². The van der Waals surface area contributed by atoms with Crippen molar-refractivity contribution in [1.82, 2.24) is 4.90 Å². The molecule has 1 aromatic carbocycles. The number of benzene rings is 1. The van der Waals surface area contributed by atoms with Gasteiger partial charge in [0.2, 0.25) is 0 Å². The molecule has 0 bridgehead atoms. The number of nitro benzene ring substituents is 1. The van der Waals surface area contributed by atoms with Crippen molar-refractivity contribution in [3.63, 3.8) is 0 Å². The molecule has 2 rings (SSSR count). The van der Waals surface area contributed by atoms with Gasteiger partial charge in [-0.05, 0) is 32.4 Å². The lowest BCUT2D eigenvalue weighted by Crippen LogP contribution is -2.50. The van der Waals surface area contributed by atoms with Crippen molar-refractivity contribution in [2.75, 3.05) is 13.1 Å². The number of amides is 1. The highest BCUT2D eigenvalue weighted by Gasteiger charge is 2.36. The van der Waals surface area contributed by atoms with E-state index in [1.807, 2.05) is 0 Å². The number of rotatable bonds is 2. The Morgan fingerprint density at radius 3 is 2.52 bits per heavy atom. The number of hydrogen-bond acceptors (Lipinski definition) is 4. The van der Waals surface area contributed by atoms with Crippen LogP contribution in [-0.4, -0.2) is 34.6 Å². The highest BCUT2D eigenvalue weighted by atomic mass is 19.1. The summed E-state index contributed by atoms with van der Waals surface area (Å²) in [6.45, 7) is 6.03. The first-order valence-corrected chi connectivity index (χ1v) is 6.59. The van der Waals surface area contributed by atoms with Gasteiger partial charge in [0, 0.05) is 25.1 Å². The van der Waals surface area contributed by atoms with Gasteiger partial charge in [-0.3, -0.25) is 10.1 Å². The number of non-ortho nitro benzene ring substituents is 1. The molecule has 1 fully saturated rings. The summed E-state index contributed by atoms with van der Waals surface area (Å²) in [5.74, 6) is -0.767. The van der Waals surface area contributed by atoms with Gasteiger partial charge in [0.1, 0.15) is 11.4 Å². The summed E-state index contributed by atoms with van der Waals surface area (Å²) >= 11 is 0. The van der Waals surface area contributed by atoms with Crippen molar-refractivity contribution in [3.05, 3.63) is 39.7 Å². The number of nitrogens with zero attached hydrogens (tertiary/aromatic N) is 2. The molecule has 0 aromatic heterocycles. The first kappa shape index (κ1) is 15.2.